The van der Waals surface area contributed by atoms with Crippen LogP contribution in [0.1, 0.15) is 11.1 Å². The first-order valence-electron chi connectivity index (χ1n) is 7.37. The number of aliphatic imine (C=N–C) groups is 1. The highest BCUT2D eigenvalue weighted by Gasteiger charge is 2.37. The molecule has 2 aromatic rings. The van der Waals surface area contributed by atoms with Gasteiger partial charge in [0, 0.05) is 23.2 Å². The zero-order valence-corrected chi connectivity index (χ0v) is 14.1. The third kappa shape index (κ3) is 2.41. The molecule has 116 valence electrons. The molecule has 1 saturated heterocycles. The lowest BCUT2D eigenvalue weighted by Gasteiger charge is -2.25. The molecule has 1 unspecified atom stereocenters. The zero-order chi connectivity index (χ0) is 16.0. The third-order valence-corrected chi connectivity index (χ3v) is 4.69. The number of likely N-dealkylation sites (N-methyl/N-ethyl adjacent to an activating group) is 1. The van der Waals surface area contributed by atoms with Gasteiger partial charge in [-0.2, -0.15) is 5.01 Å². The number of fused-ring (bicyclic) bond motifs is 3. The molecule has 0 saturated carbocycles. The molecule has 2 aliphatic rings. The minimum atomic E-state index is 0.0589. The van der Waals surface area contributed by atoms with Crippen LogP contribution < -0.4 is 10.3 Å². The van der Waals surface area contributed by atoms with Crippen molar-refractivity contribution in [2.24, 2.45) is 4.99 Å². The molecule has 0 radical (unpaired) electrons. The number of hydrogen-bond acceptors (Lipinski definition) is 3. The molecule has 0 aromatic heterocycles. The second-order valence-corrected chi connectivity index (χ2v) is 6.42. The van der Waals surface area contributed by atoms with Crippen molar-refractivity contribution < 1.29 is 0 Å². The Balaban J connectivity index is 1.93. The number of benzene rings is 2. The minimum absolute atomic E-state index is 0.0589. The first-order valence-corrected chi connectivity index (χ1v) is 8.16. The number of rotatable bonds is 1. The van der Waals surface area contributed by atoms with Gasteiger partial charge in [-0.15, -0.1) is 0 Å². The van der Waals surface area contributed by atoms with Gasteiger partial charge in [-0.3, -0.25) is 15.3 Å². The fourth-order valence-corrected chi connectivity index (χ4v) is 3.61. The fourth-order valence-electron chi connectivity index (χ4n) is 3.07. The molecular weight excluding hydrogens is 328 g/mol. The van der Waals surface area contributed by atoms with Crippen molar-refractivity contribution >= 4 is 40.3 Å². The van der Waals surface area contributed by atoms with Crippen molar-refractivity contribution in [1.29, 1.82) is 0 Å². The number of anilines is 1. The van der Waals surface area contributed by atoms with Crippen LogP contribution >= 0.6 is 23.8 Å². The van der Waals surface area contributed by atoms with Crippen LogP contribution in [0.2, 0.25) is 5.02 Å². The first kappa shape index (κ1) is 14.6. The fraction of sp³-hybridized carbons (Fsp3) is 0.176. The zero-order valence-electron chi connectivity index (χ0n) is 12.5. The Morgan fingerprint density at radius 1 is 1.22 bits per heavy atom. The average Bonchev–Trinajstić information content (AvgIpc) is 2.74. The van der Waals surface area contributed by atoms with E-state index < -0.39 is 0 Å². The van der Waals surface area contributed by atoms with Crippen LogP contribution in [0.3, 0.4) is 0 Å². The van der Waals surface area contributed by atoms with Gasteiger partial charge >= 0.3 is 0 Å². The summed E-state index contributed by atoms with van der Waals surface area (Å²) in [5.74, 6) is 0. The monoisotopic (exact) mass is 342 g/mol. The number of hydrazine groups is 1. The maximum Gasteiger partial charge on any atom is 0.189 e. The summed E-state index contributed by atoms with van der Waals surface area (Å²) in [5.41, 5.74) is 7.25. The normalized spacial score (nSPS) is 20.4. The first-order chi connectivity index (χ1) is 11.1. The molecule has 0 amide bonds. The van der Waals surface area contributed by atoms with E-state index in [1.165, 1.54) is 0 Å². The van der Waals surface area contributed by atoms with E-state index in [0.29, 0.717) is 16.7 Å². The minimum Gasteiger partial charge on any atom is -0.297 e. The maximum absolute atomic E-state index is 6.26. The lowest BCUT2D eigenvalue weighted by atomic mass is 10.0. The number of nitrogens with one attached hydrogen (secondary N) is 1. The molecule has 6 heteroatoms. The van der Waals surface area contributed by atoms with E-state index in [1.807, 2.05) is 48.5 Å². The lowest BCUT2D eigenvalue weighted by molar-refractivity contribution is 0.255. The predicted octanol–water partition coefficient (Wildman–Crippen LogP) is 3.06. The van der Waals surface area contributed by atoms with E-state index in [9.17, 15) is 0 Å². The molecule has 23 heavy (non-hydrogen) atoms. The standard InChI is InChI=1S/C17H15ClN4S/c1-21-15-10-19-16(11-5-3-2-4-6-11)13-9-12(18)7-8-14(13)22(15)17(23)20-21/h2-9,15H,10H2,1H3,(H,20,23). The van der Waals surface area contributed by atoms with E-state index in [1.54, 1.807) is 0 Å². The molecule has 2 aliphatic heterocycles. The van der Waals surface area contributed by atoms with Crippen LogP contribution in [0.15, 0.2) is 53.5 Å². The van der Waals surface area contributed by atoms with Gasteiger partial charge in [-0.05, 0) is 30.4 Å². The summed E-state index contributed by atoms with van der Waals surface area (Å²) >= 11 is 11.8. The summed E-state index contributed by atoms with van der Waals surface area (Å²) in [6.45, 7) is 0.625. The van der Waals surface area contributed by atoms with Gasteiger partial charge < -0.3 is 0 Å². The molecule has 2 heterocycles. The maximum atomic E-state index is 6.26. The summed E-state index contributed by atoms with van der Waals surface area (Å²) in [7, 11) is 1.98. The van der Waals surface area contributed by atoms with Gasteiger partial charge in [-0.1, -0.05) is 41.9 Å². The summed E-state index contributed by atoms with van der Waals surface area (Å²) < 4.78 is 0. The molecule has 0 aliphatic carbocycles. The van der Waals surface area contributed by atoms with E-state index in [4.69, 9.17) is 28.8 Å². The van der Waals surface area contributed by atoms with Gasteiger partial charge in [0.1, 0.15) is 6.17 Å². The van der Waals surface area contributed by atoms with Crippen molar-refractivity contribution in [3.8, 4) is 0 Å². The molecule has 0 bridgehead atoms. The van der Waals surface area contributed by atoms with Crippen LogP contribution in [0, 0.1) is 0 Å². The largest absolute Gasteiger partial charge is 0.297 e. The summed E-state index contributed by atoms with van der Waals surface area (Å²) in [6, 6.07) is 16.1. The summed E-state index contributed by atoms with van der Waals surface area (Å²) in [4.78, 5) is 6.99. The van der Waals surface area contributed by atoms with Gasteiger partial charge in [0.05, 0.1) is 17.9 Å². The Kier molecular flexibility index (Phi) is 3.56. The Hall–Kier alpha value is -1.95. The Bertz CT molecular complexity index is 805. The highest BCUT2D eigenvalue weighted by Crippen LogP contribution is 2.33. The van der Waals surface area contributed by atoms with Crippen molar-refractivity contribution in [2.75, 3.05) is 18.5 Å². The second kappa shape index (κ2) is 5.60. The molecule has 1 fully saturated rings. The second-order valence-electron chi connectivity index (χ2n) is 5.60. The van der Waals surface area contributed by atoms with Gasteiger partial charge in [0.15, 0.2) is 5.11 Å². The molecule has 0 spiro atoms. The Morgan fingerprint density at radius 2 is 2.00 bits per heavy atom. The van der Waals surface area contributed by atoms with Crippen molar-refractivity contribution in [3.05, 3.63) is 64.7 Å². The van der Waals surface area contributed by atoms with Gasteiger partial charge in [0.25, 0.3) is 0 Å². The third-order valence-electron chi connectivity index (χ3n) is 4.17. The molecule has 1 N–H and O–H groups in total. The van der Waals surface area contributed by atoms with Crippen LogP contribution in [0.25, 0.3) is 0 Å². The van der Waals surface area contributed by atoms with Crippen LogP contribution in [-0.2, 0) is 0 Å². The van der Waals surface area contributed by atoms with Gasteiger partial charge in [0.2, 0.25) is 0 Å². The summed E-state index contributed by atoms with van der Waals surface area (Å²) in [6.07, 6.45) is 0.0589. The van der Waals surface area contributed by atoms with E-state index in [-0.39, 0.29) is 6.17 Å². The van der Waals surface area contributed by atoms with Crippen molar-refractivity contribution in [1.82, 2.24) is 10.4 Å². The average molecular weight is 343 g/mol. The lowest BCUT2D eigenvalue weighted by Crippen LogP contribution is -2.40. The highest BCUT2D eigenvalue weighted by atomic mass is 35.5. The number of hydrogen-bond donors (Lipinski definition) is 1. The SMILES string of the molecule is CN1NC(=S)N2c3ccc(Cl)cc3C(c3ccccc3)=NCC12. The van der Waals surface area contributed by atoms with E-state index in [2.05, 4.69) is 22.5 Å². The van der Waals surface area contributed by atoms with Crippen LogP contribution in [0.4, 0.5) is 5.69 Å². The topological polar surface area (TPSA) is 30.9 Å². The Morgan fingerprint density at radius 3 is 2.78 bits per heavy atom. The predicted molar refractivity (Wildman–Crippen MR) is 98.2 cm³/mol. The number of nitrogens with zero attached hydrogens (tertiary/aromatic N) is 3. The quantitative estimate of drug-likeness (QED) is 0.807. The molecule has 4 nitrogen and oxygen atoms in total. The van der Waals surface area contributed by atoms with E-state index in [0.717, 1.165) is 22.5 Å². The molecule has 1 atom stereocenters. The molecule has 2 aromatic carbocycles. The van der Waals surface area contributed by atoms with Crippen LogP contribution in [-0.4, -0.2) is 35.6 Å². The highest BCUT2D eigenvalue weighted by molar-refractivity contribution is 7.80. The van der Waals surface area contributed by atoms with E-state index >= 15 is 0 Å². The summed E-state index contributed by atoms with van der Waals surface area (Å²) in [5, 5.41) is 3.38. The van der Waals surface area contributed by atoms with Crippen LogP contribution in [0.5, 0.6) is 0 Å². The van der Waals surface area contributed by atoms with Crippen molar-refractivity contribution in [2.45, 2.75) is 6.17 Å². The Labute approximate surface area is 145 Å². The molecular formula is C17H15ClN4S. The smallest absolute Gasteiger partial charge is 0.189 e. The number of halogens is 1. The molecule has 4 rings (SSSR count). The number of thiocarbonyl (C=S) groups is 1. The van der Waals surface area contributed by atoms with Crippen molar-refractivity contribution in [3.63, 3.8) is 0 Å². The van der Waals surface area contributed by atoms with Gasteiger partial charge in [-0.25, -0.2) is 0 Å².